The van der Waals surface area contributed by atoms with Crippen LogP contribution in [-0.4, -0.2) is 19.1 Å². The first-order chi connectivity index (χ1) is 28.3. The number of nitrogens with zero attached hydrogens (tertiary/aromatic N) is 4. The fraction of sp³-hybridized carbons (Fsp3) is 0. The molecule has 11 aromatic rings. The summed E-state index contributed by atoms with van der Waals surface area (Å²) in [6.07, 6.45) is 0. The van der Waals surface area contributed by atoms with Crippen molar-refractivity contribution in [1.29, 1.82) is 0 Å². The normalized spacial score (nSPS) is 12.3. The molecule has 0 unspecified atom stereocenters. The molecule has 0 atom stereocenters. The van der Waals surface area contributed by atoms with E-state index in [1.807, 2.05) is 0 Å². The van der Waals surface area contributed by atoms with E-state index in [2.05, 4.69) is 203 Å². The molecular weight excluding hydrogens is 808 g/mol. The van der Waals surface area contributed by atoms with Gasteiger partial charge >= 0.3 is 299 Å². The summed E-state index contributed by atoms with van der Waals surface area (Å²) < 4.78 is 7.59. The maximum atomic E-state index is 5.54. The molecule has 5 heteroatoms. The Balaban J connectivity index is 1.13. The van der Waals surface area contributed by atoms with Crippen LogP contribution in [0, 0.1) is 7.14 Å². The number of hydrogen-bond donors (Lipinski definition) is 0. The molecule has 0 fully saturated rings. The zero-order valence-electron chi connectivity index (χ0n) is 30.6. The van der Waals surface area contributed by atoms with Gasteiger partial charge in [0.1, 0.15) is 0 Å². The van der Waals surface area contributed by atoms with Gasteiger partial charge in [-0.2, -0.15) is 0 Å². The molecule has 12 rings (SSSR count). The van der Waals surface area contributed by atoms with Crippen molar-refractivity contribution in [2.75, 3.05) is 0 Å². The molecule has 4 heterocycles. The average molecular weight is 840 g/mol. The summed E-state index contributed by atoms with van der Waals surface area (Å²) in [5, 5.41) is 4.81. The van der Waals surface area contributed by atoms with E-state index in [0.29, 0.717) is 0 Å². The zero-order valence-corrected chi connectivity index (χ0v) is 32.8. The number of hydrogen-bond acceptors (Lipinski definition) is 2. The third-order valence-electron chi connectivity index (χ3n) is 11.3. The Morgan fingerprint density at radius 3 is 1.68 bits per heavy atom. The summed E-state index contributed by atoms with van der Waals surface area (Å²) >= 11 is -0.398. The van der Waals surface area contributed by atoms with Crippen molar-refractivity contribution in [2.45, 2.75) is 0 Å². The number of rotatable bonds is 5. The van der Waals surface area contributed by atoms with E-state index >= 15 is 0 Å². The molecule has 268 valence electrons. The van der Waals surface area contributed by atoms with Crippen LogP contribution in [-0.2, 0) is 0 Å². The summed E-state index contributed by atoms with van der Waals surface area (Å²) in [4.78, 5) is 10.9. The van der Waals surface area contributed by atoms with Gasteiger partial charge in [0.2, 0.25) is 0 Å². The molecule has 0 saturated carbocycles. The van der Waals surface area contributed by atoms with Crippen LogP contribution in [0.1, 0.15) is 0 Å². The van der Waals surface area contributed by atoms with Gasteiger partial charge < -0.3 is 0 Å². The van der Waals surface area contributed by atoms with Crippen molar-refractivity contribution < 1.29 is 21.2 Å². The van der Waals surface area contributed by atoms with Crippen LogP contribution in [0.25, 0.3) is 100 Å². The van der Waals surface area contributed by atoms with Crippen LogP contribution in [0.4, 0.5) is 0 Å². The summed E-state index contributed by atoms with van der Waals surface area (Å²) in [6.45, 7) is 0. The Morgan fingerprint density at radius 2 is 0.930 bits per heavy atom. The van der Waals surface area contributed by atoms with Gasteiger partial charge in [-0.1, -0.05) is 30.3 Å². The minimum atomic E-state index is -0.398. The molecule has 0 N–H and O–H groups in total. The van der Waals surface area contributed by atoms with E-state index in [1.165, 1.54) is 62.0 Å². The summed E-state index contributed by atoms with van der Waals surface area (Å²) in [7, 11) is 0. The first kappa shape index (κ1) is 32.4. The Labute approximate surface area is 339 Å². The molecule has 57 heavy (non-hydrogen) atoms. The molecule has 1 aliphatic heterocycles. The topological polar surface area (TPSA) is 35.6 Å². The van der Waals surface area contributed by atoms with E-state index in [-0.39, 0.29) is 0 Å². The fourth-order valence-electron chi connectivity index (χ4n) is 8.69. The van der Waals surface area contributed by atoms with Crippen LogP contribution < -0.4 is 21.2 Å². The molecule has 0 radical (unpaired) electrons. The number of fused-ring (bicyclic) bond motifs is 9. The quantitative estimate of drug-likeness (QED) is 0.162. The van der Waals surface area contributed by atoms with Gasteiger partial charge in [-0.25, -0.2) is 0 Å². The van der Waals surface area contributed by atoms with Gasteiger partial charge in [0.15, 0.2) is 0 Å². The first-order valence-electron chi connectivity index (χ1n) is 19.2. The average Bonchev–Trinajstić information content (AvgIpc) is 3.93. The predicted molar refractivity (Wildman–Crippen MR) is 230 cm³/mol. The molecule has 3 aromatic heterocycles. The van der Waals surface area contributed by atoms with Crippen LogP contribution in [0.2, 0.25) is 0 Å². The van der Waals surface area contributed by atoms with Gasteiger partial charge in [-0.3, -0.25) is 0 Å². The summed E-state index contributed by atoms with van der Waals surface area (Å²) in [5.41, 5.74) is 13.9. The van der Waals surface area contributed by atoms with Crippen molar-refractivity contribution in [1.82, 2.24) is 19.1 Å². The van der Waals surface area contributed by atoms with Gasteiger partial charge in [0.05, 0.1) is 0 Å². The Morgan fingerprint density at radius 1 is 0.368 bits per heavy atom. The van der Waals surface area contributed by atoms with Crippen molar-refractivity contribution >= 4 is 43.6 Å². The van der Waals surface area contributed by atoms with E-state index in [0.717, 1.165) is 45.2 Å². The van der Waals surface area contributed by atoms with Gasteiger partial charge in [-0.15, -0.1) is 0 Å². The molecule has 0 bridgehead atoms. The van der Waals surface area contributed by atoms with E-state index in [4.69, 9.17) is 9.97 Å². The van der Waals surface area contributed by atoms with Crippen molar-refractivity contribution in [3.63, 3.8) is 0 Å². The molecular formula is C52H32IN4-. The van der Waals surface area contributed by atoms with Crippen molar-refractivity contribution in [3.05, 3.63) is 201 Å². The monoisotopic (exact) mass is 839 g/mol. The third kappa shape index (κ3) is 5.12. The Bertz CT molecular complexity index is 3360. The minimum absolute atomic E-state index is 0.398. The molecule has 8 aromatic carbocycles. The number of benzene rings is 8. The van der Waals surface area contributed by atoms with Gasteiger partial charge in [0, 0.05) is 0 Å². The van der Waals surface area contributed by atoms with E-state index in [1.54, 1.807) is 0 Å². The third-order valence-corrected chi connectivity index (χ3v) is 14.5. The first-order valence-corrected chi connectivity index (χ1v) is 21.4. The van der Waals surface area contributed by atoms with E-state index < -0.39 is 21.2 Å². The molecule has 0 saturated heterocycles. The second-order valence-corrected chi connectivity index (χ2v) is 17.3. The standard InChI is InChI=1S/C52H32IN4/c1-3-14-33(15-4-1)34-26-28-35(29-27-34)45-32-50(55-52(54-45)41-22-13-21-40-37-18-7-10-23-44(37)53-51(40)41)57-47-25-12-9-20-39(47)43-30-48-42(31-49(43)57)38-19-8-11-24-46(38)56(48)36-16-5-2-6-17-36/h1-32H/q-1. The second-order valence-electron chi connectivity index (χ2n) is 14.5. The van der Waals surface area contributed by atoms with Crippen LogP contribution >= 0.6 is 0 Å². The number of aromatic nitrogens is 4. The fourth-order valence-corrected chi connectivity index (χ4v) is 11.9. The number of para-hydroxylation sites is 3. The van der Waals surface area contributed by atoms with Crippen LogP contribution in [0.3, 0.4) is 0 Å². The number of halogens is 1. The molecule has 0 amide bonds. The predicted octanol–water partition coefficient (Wildman–Crippen LogP) is 9.78. The summed E-state index contributed by atoms with van der Waals surface area (Å²) in [6, 6.07) is 70.0. The van der Waals surface area contributed by atoms with Crippen LogP contribution in [0.15, 0.2) is 194 Å². The Hall–Kier alpha value is -6.83. The molecule has 4 nitrogen and oxygen atoms in total. The molecule has 0 spiro atoms. The van der Waals surface area contributed by atoms with Gasteiger partial charge in [-0.05, 0) is 12.1 Å². The van der Waals surface area contributed by atoms with E-state index in [9.17, 15) is 0 Å². The Kier molecular flexibility index (Phi) is 7.32. The molecule has 1 aliphatic rings. The summed E-state index contributed by atoms with van der Waals surface area (Å²) in [5.74, 6) is 1.61. The SMILES string of the molecule is c1ccc(-c2ccc(-c3cc(-n4c5ccccc5c5cc6c(cc54)c4ccccc4n6-c4ccccc4)nc(-c4cccc5c4[I-]c4ccccc4-5)n3)cc2)cc1. The molecule has 0 aliphatic carbocycles. The van der Waals surface area contributed by atoms with Crippen LogP contribution in [0.5, 0.6) is 0 Å². The second kappa shape index (κ2) is 12.9. The van der Waals surface area contributed by atoms with Gasteiger partial charge in [0.25, 0.3) is 0 Å². The van der Waals surface area contributed by atoms with Crippen molar-refractivity contribution in [2.24, 2.45) is 0 Å². The van der Waals surface area contributed by atoms with Crippen molar-refractivity contribution in [3.8, 4) is 56.4 Å². The zero-order chi connectivity index (χ0) is 37.5. The maximum absolute atomic E-state index is 5.54.